The van der Waals surface area contributed by atoms with Gasteiger partial charge in [-0.1, -0.05) is 36.8 Å². The summed E-state index contributed by atoms with van der Waals surface area (Å²) in [4.78, 5) is 15.0. The molecule has 3 rings (SSSR count). The van der Waals surface area contributed by atoms with Crippen molar-refractivity contribution in [3.8, 4) is 0 Å². The first-order valence-electron chi connectivity index (χ1n) is 8.03. The number of nitrogens with zero attached hydrogens (tertiary/aromatic N) is 1. The van der Waals surface area contributed by atoms with Crippen molar-refractivity contribution >= 4 is 5.91 Å². The highest BCUT2D eigenvalue weighted by Gasteiger charge is 2.43. The average molecular weight is 287 g/mol. The van der Waals surface area contributed by atoms with Gasteiger partial charge in [-0.25, -0.2) is 0 Å². The maximum Gasteiger partial charge on any atom is 0.226 e. The van der Waals surface area contributed by atoms with E-state index in [0.717, 1.165) is 19.3 Å². The van der Waals surface area contributed by atoms with E-state index < -0.39 is 0 Å². The van der Waals surface area contributed by atoms with Crippen LogP contribution < -0.4 is 0 Å². The largest absolute Gasteiger partial charge is 0.377 e. The summed E-state index contributed by atoms with van der Waals surface area (Å²) in [6.07, 6.45) is 4.20. The Morgan fingerprint density at radius 2 is 2.00 bits per heavy atom. The number of benzene rings is 1. The number of hydrogen-bond donors (Lipinski definition) is 0. The molecule has 1 aliphatic carbocycles. The summed E-state index contributed by atoms with van der Waals surface area (Å²) in [5.74, 6) is 0.594. The standard InChI is InChI=1S/C18H25NO2/c1-18(2)13-21-12-16(11-14-7-4-3-5-8-14)19(18)17(20)15-9-6-10-15/h3-5,7-8,15-16H,6,9-13H2,1-2H3. The number of hydrogen-bond acceptors (Lipinski definition) is 2. The molecule has 2 aliphatic rings. The summed E-state index contributed by atoms with van der Waals surface area (Å²) < 4.78 is 5.79. The number of carbonyl (C=O) groups is 1. The lowest BCUT2D eigenvalue weighted by Crippen LogP contribution is -2.63. The summed E-state index contributed by atoms with van der Waals surface area (Å²) in [7, 11) is 0. The van der Waals surface area contributed by atoms with Crippen LogP contribution >= 0.6 is 0 Å². The van der Waals surface area contributed by atoms with Crippen molar-refractivity contribution in [1.29, 1.82) is 0 Å². The topological polar surface area (TPSA) is 29.5 Å². The van der Waals surface area contributed by atoms with Gasteiger partial charge in [0.25, 0.3) is 0 Å². The highest BCUT2D eigenvalue weighted by molar-refractivity contribution is 5.81. The number of ether oxygens (including phenoxy) is 1. The van der Waals surface area contributed by atoms with Crippen LogP contribution in [0.3, 0.4) is 0 Å². The molecular weight excluding hydrogens is 262 g/mol. The van der Waals surface area contributed by atoms with E-state index in [0.29, 0.717) is 19.1 Å². The van der Waals surface area contributed by atoms with Crippen molar-refractivity contribution in [3.63, 3.8) is 0 Å². The van der Waals surface area contributed by atoms with Crippen molar-refractivity contribution in [1.82, 2.24) is 4.90 Å². The lowest BCUT2D eigenvalue weighted by atomic mass is 9.82. The molecule has 3 nitrogen and oxygen atoms in total. The maximum atomic E-state index is 12.9. The zero-order valence-corrected chi connectivity index (χ0v) is 13.0. The normalized spacial score (nSPS) is 25.4. The third-order valence-corrected chi connectivity index (χ3v) is 4.79. The molecule has 1 amide bonds. The van der Waals surface area contributed by atoms with Gasteiger partial charge in [-0.05, 0) is 38.7 Å². The van der Waals surface area contributed by atoms with Gasteiger partial charge in [0.2, 0.25) is 5.91 Å². The summed E-state index contributed by atoms with van der Waals surface area (Å²) in [6, 6.07) is 10.6. The van der Waals surface area contributed by atoms with Gasteiger partial charge in [0.05, 0.1) is 24.8 Å². The molecule has 0 bridgehead atoms. The molecular formula is C18H25NO2. The first-order chi connectivity index (χ1) is 10.1. The second-order valence-electron chi connectivity index (χ2n) is 7.01. The number of carbonyl (C=O) groups excluding carboxylic acids is 1. The molecule has 0 aromatic heterocycles. The minimum atomic E-state index is -0.204. The Labute approximate surface area is 127 Å². The molecule has 1 aromatic rings. The predicted octanol–water partition coefficient (Wildman–Crippen LogP) is 3.04. The van der Waals surface area contributed by atoms with Crippen molar-refractivity contribution in [2.24, 2.45) is 5.92 Å². The van der Waals surface area contributed by atoms with Crippen LogP contribution in [-0.4, -0.2) is 35.6 Å². The van der Waals surface area contributed by atoms with Crippen molar-refractivity contribution < 1.29 is 9.53 Å². The molecule has 1 saturated heterocycles. The molecule has 0 radical (unpaired) electrons. The van der Waals surface area contributed by atoms with Crippen molar-refractivity contribution in [2.45, 2.75) is 51.1 Å². The van der Waals surface area contributed by atoms with Crippen LogP contribution in [0, 0.1) is 5.92 Å². The van der Waals surface area contributed by atoms with Crippen LogP contribution in [-0.2, 0) is 16.0 Å². The first-order valence-corrected chi connectivity index (χ1v) is 8.03. The van der Waals surface area contributed by atoms with E-state index in [1.54, 1.807) is 0 Å². The molecule has 1 saturated carbocycles. The second kappa shape index (κ2) is 5.80. The Morgan fingerprint density at radius 1 is 1.29 bits per heavy atom. The van der Waals surface area contributed by atoms with Gasteiger partial charge in [-0.15, -0.1) is 0 Å². The summed E-state index contributed by atoms with van der Waals surface area (Å²) >= 11 is 0. The lowest BCUT2D eigenvalue weighted by molar-refractivity contribution is -0.161. The molecule has 3 heteroatoms. The van der Waals surface area contributed by atoms with E-state index in [1.165, 1.54) is 12.0 Å². The van der Waals surface area contributed by atoms with E-state index >= 15 is 0 Å². The molecule has 1 aromatic carbocycles. The zero-order chi connectivity index (χ0) is 14.9. The van der Waals surface area contributed by atoms with E-state index in [2.05, 4.69) is 43.0 Å². The van der Waals surface area contributed by atoms with Gasteiger partial charge in [0.1, 0.15) is 0 Å². The smallest absolute Gasteiger partial charge is 0.226 e. The average Bonchev–Trinajstić information content (AvgIpc) is 2.36. The number of rotatable bonds is 3. The van der Waals surface area contributed by atoms with E-state index in [1.807, 2.05) is 6.07 Å². The highest BCUT2D eigenvalue weighted by Crippen LogP contribution is 2.34. The van der Waals surface area contributed by atoms with E-state index in [9.17, 15) is 4.79 Å². The van der Waals surface area contributed by atoms with Crippen molar-refractivity contribution in [2.75, 3.05) is 13.2 Å². The first kappa shape index (κ1) is 14.6. The molecule has 1 aliphatic heterocycles. The fraction of sp³-hybridized carbons (Fsp3) is 0.611. The quantitative estimate of drug-likeness (QED) is 0.855. The molecule has 1 unspecified atom stereocenters. The molecule has 2 fully saturated rings. The van der Waals surface area contributed by atoms with Crippen LogP contribution in [0.25, 0.3) is 0 Å². The van der Waals surface area contributed by atoms with Gasteiger partial charge < -0.3 is 9.64 Å². The minimum Gasteiger partial charge on any atom is -0.377 e. The summed E-state index contributed by atoms with van der Waals surface area (Å²) in [5.41, 5.74) is 1.07. The highest BCUT2D eigenvalue weighted by atomic mass is 16.5. The summed E-state index contributed by atoms with van der Waals surface area (Å²) in [6.45, 7) is 5.54. The molecule has 21 heavy (non-hydrogen) atoms. The maximum absolute atomic E-state index is 12.9. The van der Waals surface area contributed by atoms with Crippen LogP contribution in [0.15, 0.2) is 30.3 Å². The Bertz CT molecular complexity index is 493. The van der Waals surface area contributed by atoms with Crippen LogP contribution in [0.2, 0.25) is 0 Å². The third kappa shape index (κ3) is 2.98. The number of amides is 1. The van der Waals surface area contributed by atoms with Gasteiger partial charge in [0, 0.05) is 5.92 Å². The molecule has 114 valence electrons. The lowest BCUT2D eigenvalue weighted by Gasteiger charge is -2.49. The second-order valence-corrected chi connectivity index (χ2v) is 7.01. The van der Waals surface area contributed by atoms with Crippen LogP contribution in [0.4, 0.5) is 0 Å². The fourth-order valence-corrected chi connectivity index (χ4v) is 3.45. The molecule has 0 spiro atoms. The fourth-order valence-electron chi connectivity index (χ4n) is 3.45. The van der Waals surface area contributed by atoms with Crippen LogP contribution in [0.1, 0.15) is 38.7 Å². The van der Waals surface area contributed by atoms with Crippen LogP contribution in [0.5, 0.6) is 0 Å². The zero-order valence-electron chi connectivity index (χ0n) is 13.0. The Morgan fingerprint density at radius 3 is 2.62 bits per heavy atom. The monoisotopic (exact) mass is 287 g/mol. The van der Waals surface area contributed by atoms with E-state index in [-0.39, 0.29) is 17.5 Å². The Balaban J connectivity index is 1.80. The third-order valence-electron chi connectivity index (χ3n) is 4.79. The number of morpholine rings is 1. The van der Waals surface area contributed by atoms with E-state index in [4.69, 9.17) is 4.74 Å². The molecule has 1 heterocycles. The van der Waals surface area contributed by atoms with Gasteiger partial charge in [-0.2, -0.15) is 0 Å². The Kier molecular flexibility index (Phi) is 4.03. The van der Waals surface area contributed by atoms with Crippen molar-refractivity contribution in [3.05, 3.63) is 35.9 Å². The SMILES string of the molecule is CC1(C)COCC(Cc2ccccc2)N1C(=O)C1CCC1. The molecule has 1 atom stereocenters. The van der Waals surface area contributed by atoms with Gasteiger partial charge >= 0.3 is 0 Å². The Hall–Kier alpha value is -1.35. The minimum absolute atomic E-state index is 0.157. The predicted molar refractivity (Wildman–Crippen MR) is 83.0 cm³/mol. The van der Waals surface area contributed by atoms with Gasteiger partial charge in [0.15, 0.2) is 0 Å². The van der Waals surface area contributed by atoms with Gasteiger partial charge in [-0.3, -0.25) is 4.79 Å². The summed E-state index contributed by atoms with van der Waals surface area (Å²) in [5, 5.41) is 0. The molecule has 0 N–H and O–H groups in total.